The van der Waals surface area contributed by atoms with E-state index in [9.17, 15) is 4.79 Å². The number of amides is 1. The van der Waals surface area contributed by atoms with E-state index in [1.807, 2.05) is 60.4 Å². The third-order valence-electron chi connectivity index (χ3n) is 5.48. The van der Waals surface area contributed by atoms with Gasteiger partial charge in [0, 0.05) is 12.2 Å². The molecule has 1 atom stereocenters. The summed E-state index contributed by atoms with van der Waals surface area (Å²) in [5.41, 5.74) is 0.907. The molecule has 2 aromatic rings. The molecule has 1 aromatic carbocycles. The van der Waals surface area contributed by atoms with Crippen LogP contribution in [0.25, 0.3) is 0 Å². The summed E-state index contributed by atoms with van der Waals surface area (Å²) < 4.78 is 10.9. The van der Waals surface area contributed by atoms with Gasteiger partial charge in [-0.15, -0.1) is 0 Å². The van der Waals surface area contributed by atoms with Crippen molar-refractivity contribution in [1.82, 2.24) is 4.98 Å². The van der Waals surface area contributed by atoms with Crippen LogP contribution >= 0.6 is 0 Å². The van der Waals surface area contributed by atoms with Crippen molar-refractivity contribution >= 4 is 11.7 Å². The molecule has 1 aromatic heterocycles. The van der Waals surface area contributed by atoms with Crippen LogP contribution in [-0.4, -0.2) is 23.7 Å². The molecular weight excluding hydrogens is 352 g/mol. The largest absolute Gasteiger partial charge is 0.454 e. The van der Waals surface area contributed by atoms with Crippen molar-refractivity contribution in [3.63, 3.8) is 0 Å². The molecule has 2 heterocycles. The van der Waals surface area contributed by atoms with Crippen molar-refractivity contribution in [2.45, 2.75) is 51.0 Å². The topological polar surface area (TPSA) is 51.7 Å². The minimum absolute atomic E-state index is 0.0579. The van der Waals surface area contributed by atoms with Crippen molar-refractivity contribution in [2.24, 2.45) is 0 Å². The van der Waals surface area contributed by atoms with Crippen molar-refractivity contribution in [3.8, 4) is 11.5 Å². The minimum Gasteiger partial charge on any atom is -0.454 e. The summed E-state index contributed by atoms with van der Waals surface area (Å²) in [6, 6.07) is 11.7. The summed E-state index contributed by atoms with van der Waals surface area (Å²) in [5.74, 6) is 1.83. The Bertz CT molecular complexity index is 844. The van der Waals surface area contributed by atoms with Crippen LogP contribution in [0.15, 0.2) is 54.7 Å². The van der Waals surface area contributed by atoms with Gasteiger partial charge in [0.1, 0.15) is 5.82 Å². The SMILES string of the molecule is C/C=C/C(C(=O)N(c1ccccn1)C1CCCCC1)c1ccc2c(c1)OCO2. The van der Waals surface area contributed by atoms with E-state index < -0.39 is 0 Å². The number of hydrogen-bond donors (Lipinski definition) is 0. The maximum atomic E-state index is 13.8. The van der Waals surface area contributed by atoms with E-state index in [1.165, 1.54) is 6.42 Å². The van der Waals surface area contributed by atoms with Crippen LogP contribution in [-0.2, 0) is 4.79 Å². The Morgan fingerprint density at radius 3 is 2.71 bits per heavy atom. The van der Waals surface area contributed by atoms with E-state index in [2.05, 4.69) is 4.98 Å². The van der Waals surface area contributed by atoms with Crippen LogP contribution in [0.1, 0.15) is 50.5 Å². The van der Waals surface area contributed by atoms with Gasteiger partial charge < -0.3 is 9.47 Å². The molecule has 1 aliphatic carbocycles. The van der Waals surface area contributed by atoms with Gasteiger partial charge in [0.2, 0.25) is 12.7 Å². The Labute approximate surface area is 166 Å². The zero-order valence-corrected chi connectivity index (χ0v) is 16.2. The van der Waals surface area contributed by atoms with Crippen molar-refractivity contribution < 1.29 is 14.3 Å². The third-order valence-corrected chi connectivity index (χ3v) is 5.48. The van der Waals surface area contributed by atoms with Crippen molar-refractivity contribution in [1.29, 1.82) is 0 Å². The van der Waals surface area contributed by atoms with Crippen LogP contribution in [0.2, 0.25) is 0 Å². The van der Waals surface area contributed by atoms with Crippen molar-refractivity contribution in [2.75, 3.05) is 11.7 Å². The van der Waals surface area contributed by atoms with Gasteiger partial charge in [-0.05, 0) is 49.6 Å². The number of fused-ring (bicyclic) bond motifs is 1. The van der Waals surface area contributed by atoms with E-state index in [4.69, 9.17) is 9.47 Å². The number of aromatic nitrogens is 1. The molecule has 28 heavy (non-hydrogen) atoms. The van der Waals surface area contributed by atoms with Gasteiger partial charge in [0.05, 0.1) is 5.92 Å². The van der Waals surface area contributed by atoms with Gasteiger partial charge in [0.15, 0.2) is 11.5 Å². The number of nitrogens with zero attached hydrogens (tertiary/aromatic N) is 2. The molecule has 0 bridgehead atoms. The fourth-order valence-corrected chi connectivity index (χ4v) is 4.10. The third kappa shape index (κ3) is 3.75. The molecule has 0 saturated heterocycles. The predicted molar refractivity (Wildman–Crippen MR) is 109 cm³/mol. The molecule has 5 heteroatoms. The molecule has 4 rings (SSSR count). The maximum Gasteiger partial charge on any atom is 0.239 e. The Morgan fingerprint density at radius 2 is 1.96 bits per heavy atom. The molecule has 1 unspecified atom stereocenters. The molecule has 2 aliphatic rings. The van der Waals surface area contributed by atoms with Gasteiger partial charge in [-0.1, -0.05) is 43.5 Å². The monoisotopic (exact) mass is 378 g/mol. The molecule has 1 fully saturated rings. The van der Waals surface area contributed by atoms with Gasteiger partial charge >= 0.3 is 0 Å². The Balaban J connectivity index is 1.70. The molecule has 0 radical (unpaired) electrons. The fraction of sp³-hybridized carbons (Fsp3) is 0.391. The van der Waals surface area contributed by atoms with Crippen molar-refractivity contribution in [3.05, 3.63) is 60.3 Å². The smallest absolute Gasteiger partial charge is 0.239 e. The highest BCUT2D eigenvalue weighted by Crippen LogP contribution is 2.37. The van der Waals surface area contributed by atoms with Gasteiger partial charge in [-0.25, -0.2) is 4.98 Å². The standard InChI is InChI=1S/C23H26N2O3/c1-2-8-19(17-12-13-20-21(15-17)28-16-27-20)23(26)25(18-9-4-3-5-10-18)22-11-6-7-14-24-22/h2,6-8,11-15,18-19H,3-5,9-10,16H2,1H3/b8-2+. The lowest BCUT2D eigenvalue weighted by Crippen LogP contribution is -2.44. The maximum absolute atomic E-state index is 13.8. The highest BCUT2D eigenvalue weighted by atomic mass is 16.7. The van der Waals surface area contributed by atoms with Crippen LogP contribution < -0.4 is 14.4 Å². The number of carbonyl (C=O) groups excluding carboxylic acids is 1. The summed E-state index contributed by atoms with van der Waals surface area (Å²) in [5, 5.41) is 0. The highest BCUT2D eigenvalue weighted by Gasteiger charge is 2.32. The van der Waals surface area contributed by atoms with E-state index in [1.54, 1.807) is 6.20 Å². The number of rotatable bonds is 5. The number of benzene rings is 1. The second-order valence-electron chi connectivity index (χ2n) is 7.30. The fourth-order valence-electron chi connectivity index (χ4n) is 4.10. The number of ether oxygens (including phenoxy) is 2. The lowest BCUT2D eigenvalue weighted by atomic mass is 9.91. The molecular formula is C23H26N2O3. The number of pyridine rings is 1. The molecule has 0 spiro atoms. The first-order chi connectivity index (χ1) is 13.8. The molecule has 1 saturated carbocycles. The van der Waals surface area contributed by atoms with Crippen LogP contribution in [0.3, 0.4) is 0 Å². The zero-order valence-electron chi connectivity index (χ0n) is 16.2. The van der Waals surface area contributed by atoms with E-state index in [-0.39, 0.29) is 24.7 Å². The summed E-state index contributed by atoms with van der Waals surface area (Å²) in [4.78, 5) is 20.2. The molecule has 1 amide bonds. The lowest BCUT2D eigenvalue weighted by Gasteiger charge is -2.35. The van der Waals surface area contributed by atoms with E-state index in [0.29, 0.717) is 5.75 Å². The highest BCUT2D eigenvalue weighted by molar-refractivity contribution is 5.99. The second kappa shape index (κ2) is 8.46. The van der Waals surface area contributed by atoms with Crippen LogP contribution in [0.5, 0.6) is 11.5 Å². The average Bonchev–Trinajstić information content (AvgIpc) is 3.21. The summed E-state index contributed by atoms with van der Waals surface area (Å²) in [7, 11) is 0. The van der Waals surface area contributed by atoms with Gasteiger partial charge in [-0.2, -0.15) is 0 Å². The summed E-state index contributed by atoms with van der Waals surface area (Å²) >= 11 is 0. The number of allylic oxidation sites excluding steroid dienone is 1. The predicted octanol–water partition coefficient (Wildman–Crippen LogP) is 4.84. The van der Waals surface area contributed by atoms with Gasteiger partial charge in [0.25, 0.3) is 0 Å². The number of carbonyl (C=O) groups is 1. The summed E-state index contributed by atoms with van der Waals surface area (Å²) in [6.07, 6.45) is 11.2. The minimum atomic E-state index is -0.386. The Hall–Kier alpha value is -2.82. The quantitative estimate of drug-likeness (QED) is 0.699. The molecule has 146 valence electrons. The van der Waals surface area contributed by atoms with Gasteiger partial charge in [-0.3, -0.25) is 9.69 Å². The van der Waals surface area contributed by atoms with E-state index in [0.717, 1.165) is 42.8 Å². The Kier molecular flexibility index (Phi) is 5.60. The normalized spacial score (nSPS) is 17.6. The molecule has 0 N–H and O–H groups in total. The molecule has 1 aliphatic heterocycles. The first-order valence-corrected chi connectivity index (χ1v) is 10.0. The number of anilines is 1. The Morgan fingerprint density at radius 1 is 1.14 bits per heavy atom. The van der Waals surface area contributed by atoms with Crippen LogP contribution in [0.4, 0.5) is 5.82 Å². The molecule has 5 nitrogen and oxygen atoms in total. The number of hydrogen-bond acceptors (Lipinski definition) is 4. The second-order valence-corrected chi connectivity index (χ2v) is 7.30. The summed E-state index contributed by atoms with van der Waals surface area (Å²) in [6.45, 7) is 2.17. The van der Waals surface area contributed by atoms with E-state index >= 15 is 0 Å². The lowest BCUT2D eigenvalue weighted by molar-refractivity contribution is -0.119. The zero-order chi connectivity index (χ0) is 19.3. The first-order valence-electron chi connectivity index (χ1n) is 10.0. The average molecular weight is 378 g/mol. The van der Waals surface area contributed by atoms with Crippen LogP contribution in [0, 0.1) is 0 Å². The first kappa shape index (κ1) is 18.5.